The molecule has 0 unspecified atom stereocenters. The van der Waals surface area contributed by atoms with Crippen LogP contribution >= 0.6 is 0 Å². The Kier molecular flexibility index (Phi) is 2.99. The van der Waals surface area contributed by atoms with E-state index in [1.807, 2.05) is 6.07 Å². The quantitative estimate of drug-likeness (QED) is 0.824. The molecule has 2 bridgehead atoms. The summed E-state index contributed by atoms with van der Waals surface area (Å²) >= 11 is 0. The number of piperidine rings is 1. The minimum absolute atomic E-state index is 0.161. The van der Waals surface area contributed by atoms with Crippen molar-refractivity contribution < 1.29 is 9.53 Å². The summed E-state index contributed by atoms with van der Waals surface area (Å²) < 4.78 is 6.27. The summed E-state index contributed by atoms with van der Waals surface area (Å²) in [6, 6.07) is 6.87. The lowest BCUT2D eigenvalue weighted by Gasteiger charge is -2.58. The fourth-order valence-electron chi connectivity index (χ4n) is 6.74. The van der Waals surface area contributed by atoms with Crippen molar-refractivity contribution in [2.75, 3.05) is 13.1 Å². The number of likely N-dealkylation sites (tertiary alicyclic amines) is 1. The van der Waals surface area contributed by atoms with E-state index in [0.29, 0.717) is 23.9 Å². The molecule has 26 heavy (non-hydrogen) atoms. The topological polar surface area (TPSA) is 53.3 Å². The van der Waals surface area contributed by atoms with Gasteiger partial charge in [0.15, 0.2) is 11.9 Å². The molecular weight excluding hydrogens is 324 g/mol. The van der Waals surface area contributed by atoms with Gasteiger partial charge in [0.05, 0.1) is 5.56 Å². The van der Waals surface area contributed by atoms with Crippen LogP contribution in [0.2, 0.25) is 0 Å². The number of nitriles is 1. The van der Waals surface area contributed by atoms with Gasteiger partial charge in [-0.2, -0.15) is 5.26 Å². The number of benzene rings is 1. The predicted octanol–water partition coefficient (Wildman–Crippen LogP) is 2.97. The molecule has 0 amide bonds. The van der Waals surface area contributed by atoms with E-state index in [9.17, 15) is 10.1 Å². The van der Waals surface area contributed by atoms with Gasteiger partial charge in [-0.1, -0.05) is 12.5 Å². The molecule has 5 aliphatic rings. The second kappa shape index (κ2) is 5.10. The molecule has 0 N–H and O–H groups in total. The molecule has 4 nitrogen and oxygen atoms in total. The highest BCUT2D eigenvalue weighted by atomic mass is 16.5. The number of Topliss-reactive ketones (excluding diaryl/α,β-unsaturated/α-hetero) is 1. The van der Waals surface area contributed by atoms with Gasteiger partial charge in [0.1, 0.15) is 11.8 Å². The van der Waals surface area contributed by atoms with Gasteiger partial charge >= 0.3 is 0 Å². The molecule has 3 aliphatic carbocycles. The third-order valence-corrected chi connectivity index (χ3v) is 8.08. The van der Waals surface area contributed by atoms with E-state index in [-0.39, 0.29) is 17.3 Å². The zero-order valence-corrected chi connectivity index (χ0v) is 15.0. The molecule has 1 aromatic carbocycles. The molecule has 2 heterocycles. The van der Waals surface area contributed by atoms with Crippen LogP contribution in [0, 0.1) is 23.2 Å². The van der Waals surface area contributed by atoms with Gasteiger partial charge in [-0.3, -0.25) is 9.69 Å². The standard InChI is InChI=1S/C22H24N2O2/c23-11-15-5-4-14-10-17-16-6-7-18(25)21-22(16,19(14)20(15)26-21)8-9-24(17)12-13-2-1-3-13/h4-5,13,16-17,21H,1-3,6-10,12H2/t16-,17+,21-,22-/m0/s1. The van der Waals surface area contributed by atoms with Crippen LogP contribution in [0.3, 0.4) is 0 Å². The Hall–Kier alpha value is -1.86. The maximum atomic E-state index is 12.8. The van der Waals surface area contributed by atoms with Crippen molar-refractivity contribution in [3.05, 3.63) is 28.8 Å². The number of nitrogens with zero attached hydrogens (tertiary/aromatic N) is 2. The zero-order valence-electron chi connectivity index (χ0n) is 15.0. The van der Waals surface area contributed by atoms with Crippen LogP contribution in [0.1, 0.15) is 55.2 Å². The number of hydrogen-bond donors (Lipinski definition) is 0. The molecule has 1 spiro atoms. The van der Waals surface area contributed by atoms with Crippen molar-refractivity contribution in [3.8, 4) is 11.8 Å². The number of carbonyl (C=O) groups is 1. The van der Waals surface area contributed by atoms with Crippen LogP contribution in [0.25, 0.3) is 0 Å². The maximum absolute atomic E-state index is 12.8. The normalized spacial score (nSPS) is 37.5. The molecule has 6 rings (SSSR count). The summed E-state index contributed by atoms with van der Waals surface area (Å²) in [6.07, 6.45) is 7.49. The van der Waals surface area contributed by atoms with Gasteiger partial charge in [0.2, 0.25) is 0 Å². The first-order chi connectivity index (χ1) is 12.7. The highest BCUT2D eigenvalue weighted by molar-refractivity contribution is 5.89. The second-order valence-corrected chi connectivity index (χ2v) is 9.05. The lowest BCUT2D eigenvalue weighted by Crippen LogP contribution is -2.66. The highest BCUT2D eigenvalue weighted by Crippen LogP contribution is 2.62. The number of rotatable bonds is 2. The number of hydrogen-bond acceptors (Lipinski definition) is 4. The SMILES string of the molecule is N#Cc1ccc2c3c1O[C@H]1C(=O)CC[C@H]4[C@@H](C2)N(CC2CCC2)CC[C@]314. The number of ether oxygens (including phenoxy) is 1. The summed E-state index contributed by atoms with van der Waals surface area (Å²) in [5.74, 6) is 2.37. The maximum Gasteiger partial charge on any atom is 0.174 e. The lowest BCUT2D eigenvalue weighted by atomic mass is 9.51. The van der Waals surface area contributed by atoms with Crippen LogP contribution in [0.5, 0.6) is 5.75 Å². The smallest absolute Gasteiger partial charge is 0.174 e. The van der Waals surface area contributed by atoms with Crippen LogP contribution < -0.4 is 4.74 Å². The summed E-state index contributed by atoms with van der Waals surface area (Å²) in [5.41, 5.74) is 3.01. The Morgan fingerprint density at radius 1 is 1.31 bits per heavy atom. The summed E-state index contributed by atoms with van der Waals surface area (Å²) in [6.45, 7) is 2.30. The molecule has 2 aliphatic heterocycles. The summed E-state index contributed by atoms with van der Waals surface area (Å²) in [5, 5.41) is 9.55. The van der Waals surface area contributed by atoms with Gasteiger partial charge in [-0.15, -0.1) is 0 Å². The first-order valence-corrected chi connectivity index (χ1v) is 10.2. The van der Waals surface area contributed by atoms with Gasteiger partial charge in [0.25, 0.3) is 0 Å². The van der Waals surface area contributed by atoms with Gasteiger partial charge < -0.3 is 4.74 Å². The average Bonchev–Trinajstić information content (AvgIpc) is 2.96. The Balaban J connectivity index is 1.50. The predicted molar refractivity (Wildman–Crippen MR) is 96.0 cm³/mol. The minimum Gasteiger partial charge on any atom is -0.480 e. The van der Waals surface area contributed by atoms with Gasteiger partial charge in [-0.05, 0) is 62.1 Å². The van der Waals surface area contributed by atoms with E-state index in [4.69, 9.17) is 4.74 Å². The van der Waals surface area contributed by atoms with Crippen LogP contribution in [-0.2, 0) is 16.6 Å². The molecule has 0 radical (unpaired) electrons. The van der Waals surface area contributed by atoms with E-state index >= 15 is 0 Å². The van der Waals surface area contributed by atoms with E-state index in [2.05, 4.69) is 17.0 Å². The van der Waals surface area contributed by atoms with Crippen molar-refractivity contribution in [2.24, 2.45) is 11.8 Å². The molecule has 134 valence electrons. The Labute approximate surface area is 154 Å². The Morgan fingerprint density at radius 2 is 2.19 bits per heavy atom. The van der Waals surface area contributed by atoms with E-state index in [1.165, 1.54) is 36.9 Å². The number of ketones is 1. The largest absolute Gasteiger partial charge is 0.480 e. The first kappa shape index (κ1) is 15.2. The molecule has 1 saturated heterocycles. The first-order valence-electron chi connectivity index (χ1n) is 10.2. The van der Waals surface area contributed by atoms with Crippen molar-refractivity contribution in [1.29, 1.82) is 5.26 Å². The molecule has 1 aromatic rings. The fourth-order valence-corrected chi connectivity index (χ4v) is 6.74. The molecule has 4 heteroatoms. The summed E-state index contributed by atoms with van der Waals surface area (Å²) in [4.78, 5) is 15.6. The van der Waals surface area contributed by atoms with Gasteiger partial charge in [-0.25, -0.2) is 0 Å². The third kappa shape index (κ3) is 1.71. The lowest BCUT2D eigenvalue weighted by molar-refractivity contribution is -0.139. The zero-order chi connectivity index (χ0) is 17.5. The second-order valence-electron chi connectivity index (χ2n) is 9.05. The van der Waals surface area contributed by atoms with Crippen molar-refractivity contribution >= 4 is 5.78 Å². The van der Waals surface area contributed by atoms with Crippen molar-refractivity contribution in [1.82, 2.24) is 4.90 Å². The third-order valence-electron chi connectivity index (χ3n) is 8.08. The van der Waals surface area contributed by atoms with Crippen LogP contribution in [-0.4, -0.2) is 35.9 Å². The molecular formula is C22H24N2O2. The Bertz CT molecular complexity index is 852. The number of carbonyl (C=O) groups excluding carboxylic acids is 1. The van der Waals surface area contributed by atoms with E-state index < -0.39 is 0 Å². The molecule has 3 fully saturated rings. The van der Waals surface area contributed by atoms with E-state index in [1.54, 1.807) is 0 Å². The van der Waals surface area contributed by atoms with Crippen molar-refractivity contribution in [2.45, 2.75) is 62.5 Å². The molecule has 4 atom stereocenters. The highest BCUT2D eigenvalue weighted by Gasteiger charge is 2.65. The van der Waals surface area contributed by atoms with Crippen LogP contribution in [0.4, 0.5) is 0 Å². The van der Waals surface area contributed by atoms with Crippen LogP contribution in [0.15, 0.2) is 12.1 Å². The van der Waals surface area contributed by atoms with Crippen molar-refractivity contribution in [3.63, 3.8) is 0 Å². The van der Waals surface area contributed by atoms with E-state index in [0.717, 1.165) is 37.5 Å². The minimum atomic E-state index is -0.349. The fraction of sp³-hybridized carbons (Fsp3) is 0.636. The van der Waals surface area contributed by atoms with Gasteiger partial charge in [0, 0.05) is 30.0 Å². The monoisotopic (exact) mass is 348 g/mol. The molecule has 2 saturated carbocycles. The average molecular weight is 348 g/mol. The summed E-state index contributed by atoms with van der Waals surface area (Å²) in [7, 11) is 0. The Morgan fingerprint density at radius 3 is 2.96 bits per heavy atom. The molecule has 0 aromatic heterocycles.